The van der Waals surface area contributed by atoms with Gasteiger partial charge in [-0.05, 0) is 73.3 Å². The molecule has 0 aliphatic heterocycles. The minimum Gasteiger partial charge on any atom is -0.481 e. The molecule has 0 fully saturated rings. The number of hydrogen-bond acceptors (Lipinski definition) is 7. The third-order valence-corrected chi connectivity index (χ3v) is 6.34. The van der Waals surface area contributed by atoms with Crippen molar-refractivity contribution >= 4 is 17.9 Å². The lowest BCUT2D eigenvalue weighted by Gasteiger charge is -2.20. The van der Waals surface area contributed by atoms with E-state index in [1.807, 2.05) is 85.7 Å². The maximum absolute atomic E-state index is 11.6. The van der Waals surface area contributed by atoms with Gasteiger partial charge in [0.1, 0.15) is 26.4 Å². The van der Waals surface area contributed by atoms with Crippen LogP contribution in [0, 0.1) is 16.2 Å². The summed E-state index contributed by atoms with van der Waals surface area (Å²) < 4.78 is 10.3. The van der Waals surface area contributed by atoms with Crippen LogP contribution in [0.1, 0.15) is 94.1 Å². The summed E-state index contributed by atoms with van der Waals surface area (Å²) in [6.45, 7) is 23.4. The summed E-state index contributed by atoms with van der Waals surface area (Å²) >= 11 is 0. The summed E-state index contributed by atoms with van der Waals surface area (Å²) in [7, 11) is 0. The van der Waals surface area contributed by atoms with Crippen molar-refractivity contribution in [2.24, 2.45) is 16.2 Å². The van der Waals surface area contributed by atoms with E-state index < -0.39 is 16.8 Å². The van der Waals surface area contributed by atoms with E-state index in [9.17, 15) is 14.4 Å². The van der Waals surface area contributed by atoms with E-state index in [0.717, 1.165) is 24.0 Å². The van der Waals surface area contributed by atoms with Crippen LogP contribution in [0.3, 0.4) is 0 Å². The van der Waals surface area contributed by atoms with Crippen LogP contribution in [0.5, 0.6) is 0 Å². The number of carbonyl (C=O) groups is 3. The lowest BCUT2D eigenvalue weighted by molar-refractivity contribution is -0.292. The van der Waals surface area contributed by atoms with E-state index in [4.69, 9.17) is 24.4 Å². The Morgan fingerprint density at radius 1 is 0.744 bits per heavy atom. The van der Waals surface area contributed by atoms with E-state index in [1.54, 1.807) is 13.8 Å². The number of esters is 2. The molecule has 8 heteroatoms. The zero-order chi connectivity index (χ0) is 30.7. The fraction of sp³-hybridized carbons (Fsp3) is 0.645. The SMILES string of the molecule is C=C(C)COOCCOC(=O)C(C)(C)CC.CCC(C)(C)C(=O)O.CCC(C)(C)C(=O)OCc1ccccc1. The molecule has 0 saturated heterocycles. The van der Waals surface area contributed by atoms with Gasteiger partial charge < -0.3 is 14.6 Å². The monoisotopic (exact) mass is 552 g/mol. The molecule has 0 unspecified atom stereocenters. The minimum absolute atomic E-state index is 0.131. The van der Waals surface area contributed by atoms with Crippen LogP contribution in [-0.4, -0.2) is 42.8 Å². The highest BCUT2D eigenvalue weighted by Crippen LogP contribution is 2.22. The number of aliphatic carboxylic acids is 1. The van der Waals surface area contributed by atoms with Gasteiger partial charge in [-0.1, -0.05) is 63.3 Å². The van der Waals surface area contributed by atoms with Crippen LogP contribution in [0.2, 0.25) is 0 Å². The number of benzene rings is 1. The first-order chi connectivity index (χ1) is 18.0. The zero-order valence-electron chi connectivity index (χ0n) is 25.8. The maximum atomic E-state index is 11.6. The molecule has 39 heavy (non-hydrogen) atoms. The molecule has 0 heterocycles. The maximum Gasteiger partial charge on any atom is 0.311 e. The summed E-state index contributed by atoms with van der Waals surface area (Å²) in [5.74, 6) is -1.06. The Bertz CT molecular complexity index is 857. The molecule has 0 spiro atoms. The fourth-order valence-electron chi connectivity index (χ4n) is 1.92. The first-order valence-electron chi connectivity index (χ1n) is 13.5. The van der Waals surface area contributed by atoms with Crippen molar-refractivity contribution in [2.75, 3.05) is 19.8 Å². The van der Waals surface area contributed by atoms with Gasteiger partial charge in [0.05, 0.1) is 16.2 Å². The topological polar surface area (TPSA) is 108 Å². The molecule has 0 atom stereocenters. The predicted octanol–water partition coefficient (Wildman–Crippen LogP) is 7.16. The van der Waals surface area contributed by atoms with Crippen molar-refractivity contribution in [3.8, 4) is 0 Å². The molecular formula is C31H52O8. The smallest absolute Gasteiger partial charge is 0.311 e. The highest BCUT2D eigenvalue weighted by molar-refractivity contribution is 5.76. The van der Waals surface area contributed by atoms with E-state index in [0.29, 0.717) is 19.6 Å². The minimum atomic E-state index is -0.722. The van der Waals surface area contributed by atoms with Gasteiger partial charge in [0.25, 0.3) is 0 Å². The first-order valence-corrected chi connectivity index (χ1v) is 13.5. The Balaban J connectivity index is 0. The summed E-state index contributed by atoms with van der Waals surface area (Å²) in [5.41, 5.74) is 0.551. The normalized spacial score (nSPS) is 11.2. The van der Waals surface area contributed by atoms with Crippen molar-refractivity contribution in [1.82, 2.24) is 0 Å². The summed E-state index contributed by atoms with van der Waals surface area (Å²) in [4.78, 5) is 43.0. The molecule has 0 amide bonds. The van der Waals surface area contributed by atoms with Gasteiger partial charge in [0.2, 0.25) is 0 Å². The highest BCUT2D eigenvalue weighted by atomic mass is 17.2. The van der Waals surface area contributed by atoms with Crippen molar-refractivity contribution < 1.29 is 38.7 Å². The van der Waals surface area contributed by atoms with E-state index in [1.165, 1.54) is 0 Å². The molecule has 1 N–H and O–H groups in total. The third-order valence-electron chi connectivity index (χ3n) is 6.34. The summed E-state index contributed by atoms with van der Waals surface area (Å²) in [6, 6.07) is 9.72. The van der Waals surface area contributed by atoms with Crippen LogP contribution in [-0.2, 0) is 40.2 Å². The van der Waals surface area contributed by atoms with E-state index in [2.05, 4.69) is 6.58 Å². The number of carbonyl (C=O) groups excluding carboxylic acids is 2. The Kier molecular flexibility index (Phi) is 19.1. The molecule has 8 nitrogen and oxygen atoms in total. The highest BCUT2D eigenvalue weighted by Gasteiger charge is 2.27. The molecule has 1 rings (SSSR count). The first kappa shape index (κ1) is 38.4. The Labute approximate surface area is 236 Å². The lowest BCUT2D eigenvalue weighted by atomic mass is 9.91. The van der Waals surface area contributed by atoms with Crippen molar-refractivity contribution in [2.45, 2.75) is 95.1 Å². The largest absolute Gasteiger partial charge is 0.481 e. The fourth-order valence-corrected chi connectivity index (χ4v) is 1.92. The third kappa shape index (κ3) is 18.3. The predicted molar refractivity (Wildman–Crippen MR) is 154 cm³/mol. The summed E-state index contributed by atoms with van der Waals surface area (Å²) in [6.07, 6.45) is 2.22. The molecule has 0 radical (unpaired) electrons. The van der Waals surface area contributed by atoms with E-state index in [-0.39, 0.29) is 30.6 Å². The second-order valence-corrected chi connectivity index (χ2v) is 11.3. The van der Waals surface area contributed by atoms with Crippen LogP contribution in [0.15, 0.2) is 42.5 Å². The molecule has 1 aromatic carbocycles. The van der Waals surface area contributed by atoms with Gasteiger partial charge in [-0.25, -0.2) is 9.78 Å². The molecule has 224 valence electrons. The van der Waals surface area contributed by atoms with Gasteiger partial charge in [-0.3, -0.25) is 14.4 Å². The number of hydrogen-bond donors (Lipinski definition) is 1. The Hall–Kier alpha value is -2.71. The van der Waals surface area contributed by atoms with Gasteiger partial charge in [0.15, 0.2) is 0 Å². The standard InChI is InChI=1S/C13H18O2.C12H22O4.C6H12O2/c1-4-13(2,3)12(14)15-10-11-8-6-5-7-9-11;1-6-12(4,5)11(13)14-7-8-15-16-9-10(2)3;1-4-6(2,3)5(7)8/h5-9H,4,10H2,1-3H3;2,6-9H2,1,3-5H3;4H2,1-3H3,(H,7,8). The van der Waals surface area contributed by atoms with Gasteiger partial charge in [-0.15, -0.1) is 0 Å². The van der Waals surface area contributed by atoms with Gasteiger partial charge in [-0.2, -0.15) is 0 Å². The Morgan fingerprint density at radius 2 is 1.21 bits per heavy atom. The second kappa shape index (κ2) is 19.4. The summed E-state index contributed by atoms with van der Waals surface area (Å²) in [5, 5.41) is 8.44. The lowest BCUT2D eigenvalue weighted by Crippen LogP contribution is -2.27. The molecular weight excluding hydrogens is 500 g/mol. The van der Waals surface area contributed by atoms with E-state index >= 15 is 0 Å². The average Bonchev–Trinajstić information content (AvgIpc) is 2.90. The van der Waals surface area contributed by atoms with Crippen LogP contribution in [0.4, 0.5) is 0 Å². The number of carboxylic acids is 1. The van der Waals surface area contributed by atoms with Crippen LogP contribution in [0.25, 0.3) is 0 Å². The van der Waals surface area contributed by atoms with Crippen LogP contribution < -0.4 is 0 Å². The zero-order valence-corrected chi connectivity index (χ0v) is 25.8. The van der Waals surface area contributed by atoms with Gasteiger partial charge in [0, 0.05) is 0 Å². The number of rotatable bonds is 14. The molecule has 0 aromatic heterocycles. The van der Waals surface area contributed by atoms with Crippen molar-refractivity contribution in [1.29, 1.82) is 0 Å². The quantitative estimate of drug-likeness (QED) is 0.0851. The number of ether oxygens (including phenoxy) is 2. The molecule has 0 aliphatic carbocycles. The van der Waals surface area contributed by atoms with Gasteiger partial charge >= 0.3 is 17.9 Å². The average molecular weight is 553 g/mol. The second-order valence-electron chi connectivity index (χ2n) is 11.3. The Morgan fingerprint density at radius 3 is 1.59 bits per heavy atom. The number of carboxylic acid groups (broad SMARTS) is 1. The molecule has 0 saturated carbocycles. The molecule has 0 bridgehead atoms. The molecule has 0 aliphatic rings. The van der Waals surface area contributed by atoms with Crippen molar-refractivity contribution in [3.05, 3.63) is 48.0 Å². The molecule has 1 aromatic rings. The van der Waals surface area contributed by atoms with Crippen molar-refractivity contribution in [3.63, 3.8) is 0 Å². The van der Waals surface area contributed by atoms with Crippen LogP contribution >= 0.6 is 0 Å².